The molecule has 1 unspecified atom stereocenters. The van der Waals surface area contributed by atoms with E-state index in [0.29, 0.717) is 30.1 Å². The van der Waals surface area contributed by atoms with Crippen LogP contribution in [-0.2, 0) is 0 Å². The third kappa shape index (κ3) is 8.42. The van der Waals surface area contributed by atoms with Crippen LogP contribution in [0.15, 0.2) is 72.8 Å². The first-order valence-corrected chi connectivity index (χ1v) is 13.1. The largest absolute Gasteiger partial charge is 0.494 e. The van der Waals surface area contributed by atoms with Crippen molar-refractivity contribution in [1.82, 2.24) is 0 Å². The van der Waals surface area contributed by atoms with E-state index in [4.69, 9.17) is 14.2 Å². The Balaban J connectivity index is 1.62. The Morgan fingerprint density at radius 2 is 1.50 bits per heavy atom. The van der Waals surface area contributed by atoms with Crippen LogP contribution < -0.4 is 14.2 Å². The fourth-order valence-corrected chi connectivity index (χ4v) is 4.09. The molecule has 3 rings (SSSR count). The Labute approximate surface area is 215 Å². The number of hydrogen-bond donors (Lipinski definition) is 1. The Hall–Kier alpha value is -3.31. The van der Waals surface area contributed by atoms with Crippen LogP contribution in [-0.4, -0.2) is 30.4 Å². The number of benzene rings is 3. The van der Waals surface area contributed by atoms with Crippen molar-refractivity contribution < 1.29 is 24.1 Å². The summed E-state index contributed by atoms with van der Waals surface area (Å²) in [6.07, 6.45) is 7.46. The summed E-state index contributed by atoms with van der Waals surface area (Å²) in [5, 5.41) is 9.41. The second-order valence-electron chi connectivity index (χ2n) is 8.82. The number of carbonyl (C=O) groups excluding carboxylic acids is 1. The molecule has 3 aromatic carbocycles. The molecule has 1 N–H and O–H groups in total. The highest BCUT2D eigenvalue weighted by atomic mass is 16.5. The van der Waals surface area contributed by atoms with Gasteiger partial charge in [0.05, 0.1) is 12.2 Å². The number of hydrogen-bond acceptors (Lipinski definition) is 5. The maximum atomic E-state index is 12.9. The van der Waals surface area contributed by atoms with Gasteiger partial charge in [0.2, 0.25) is 0 Å². The van der Waals surface area contributed by atoms with Gasteiger partial charge in [-0.15, -0.1) is 0 Å². The van der Waals surface area contributed by atoms with E-state index >= 15 is 0 Å². The van der Waals surface area contributed by atoms with Crippen molar-refractivity contribution in [3.05, 3.63) is 78.4 Å². The van der Waals surface area contributed by atoms with Crippen molar-refractivity contribution in [2.24, 2.45) is 0 Å². The summed E-state index contributed by atoms with van der Waals surface area (Å²) < 4.78 is 17.4. The summed E-state index contributed by atoms with van der Waals surface area (Å²) in [4.78, 5) is 12.9. The van der Waals surface area contributed by atoms with E-state index in [1.165, 1.54) is 25.7 Å². The summed E-state index contributed by atoms with van der Waals surface area (Å²) in [7, 11) is 0. The molecule has 0 spiro atoms. The maximum absolute atomic E-state index is 12.9. The standard InChI is InChI=1S/C31H38O5/c1-3-5-6-7-8-11-27(22-23-32)35-28-20-16-25(17-21-28)31(33)36-30-13-10-9-12-29(30)24-14-18-26(19-15-24)34-4-2/h9-10,12-21,27,32H,3-8,11,22-23H2,1-2H3. The molecule has 0 fully saturated rings. The summed E-state index contributed by atoms with van der Waals surface area (Å²) in [6.45, 7) is 4.86. The molecule has 1 atom stereocenters. The van der Waals surface area contributed by atoms with Gasteiger partial charge in [0.15, 0.2) is 0 Å². The maximum Gasteiger partial charge on any atom is 0.343 e. The van der Waals surface area contributed by atoms with Crippen molar-refractivity contribution >= 4 is 5.97 Å². The highest BCUT2D eigenvalue weighted by Crippen LogP contribution is 2.31. The van der Waals surface area contributed by atoms with Crippen molar-refractivity contribution in [3.8, 4) is 28.4 Å². The fourth-order valence-electron chi connectivity index (χ4n) is 4.09. The van der Waals surface area contributed by atoms with Crippen LogP contribution in [0.1, 0.15) is 69.2 Å². The van der Waals surface area contributed by atoms with E-state index in [1.807, 2.05) is 49.4 Å². The molecule has 0 radical (unpaired) electrons. The number of rotatable bonds is 15. The van der Waals surface area contributed by atoms with Gasteiger partial charge >= 0.3 is 5.97 Å². The third-order valence-electron chi connectivity index (χ3n) is 6.04. The van der Waals surface area contributed by atoms with Crippen molar-refractivity contribution in [1.29, 1.82) is 0 Å². The average molecular weight is 491 g/mol. The second-order valence-corrected chi connectivity index (χ2v) is 8.82. The van der Waals surface area contributed by atoms with Gasteiger partial charge in [0, 0.05) is 18.6 Å². The zero-order valence-corrected chi connectivity index (χ0v) is 21.4. The van der Waals surface area contributed by atoms with E-state index in [0.717, 1.165) is 29.7 Å². The van der Waals surface area contributed by atoms with Crippen LogP contribution in [0.5, 0.6) is 17.2 Å². The highest BCUT2D eigenvalue weighted by molar-refractivity contribution is 5.92. The number of aliphatic hydroxyl groups excluding tert-OH is 1. The van der Waals surface area contributed by atoms with Crippen molar-refractivity contribution in [2.45, 2.75) is 64.9 Å². The number of ether oxygens (including phenoxy) is 3. The molecule has 0 amide bonds. The smallest absolute Gasteiger partial charge is 0.343 e. The number of aliphatic hydroxyl groups is 1. The van der Waals surface area contributed by atoms with Crippen LogP contribution >= 0.6 is 0 Å². The van der Waals surface area contributed by atoms with Crippen LogP contribution in [0.2, 0.25) is 0 Å². The Bertz CT molecular complexity index is 1040. The average Bonchev–Trinajstić information content (AvgIpc) is 2.90. The first-order valence-electron chi connectivity index (χ1n) is 13.1. The molecular weight excluding hydrogens is 452 g/mol. The summed E-state index contributed by atoms with van der Waals surface area (Å²) in [6, 6.07) is 22.2. The monoisotopic (exact) mass is 490 g/mol. The number of esters is 1. The van der Waals surface area contributed by atoms with E-state index in [2.05, 4.69) is 6.92 Å². The van der Waals surface area contributed by atoms with Gasteiger partial charge in [-0.1, -0.05) is 62.9 Å². The minimum atomic E-state index is -0.428. The summed E-state index contributed by atoms with van der Waals surface area (Å²) >= 11 is 0. The molecule has 0 saturated carbocycles. The third-order valence-corrected chi connectivity index (χ3v) is 6.04. The SMILES string of the molecule is CCCCCCCC(CCO)Oc1ccc(C(=O)Oc2ccccc2-c2ccc(OCC)cc2)cc1. The first kappa shape index (κ1) is 27.3. The molecule has 0 saturated heterocycles. The Kier molecular flexibility index (Phi) is 11.3. The number of carbonyl (C=O) groups is 1. The van der Waals surface area contributed by atoms with E-state index < -0.39 is 5.97 Å². The van der Waals surface area contributed by atoms with Gasteiger partial charge in [-0.05, 0) is 67.8 Å². The molecule has 0 heterocycles. The van der Waals surface area contributed by atoms with Crippen LogP contribution in [0.4, 0.5) is 0 Å². The van der Waals surface area contributed by atoms with Gasteiger partial charge in [-0.3, -0.25) is 0 Å². The molecular formula is C31H38O5. The number of unbranched alkanes of at least 4 members (excludes halogenated alkanes) is 4. The zero-order valence-electron chi connectivity index (χ0n) is 21.4. The molecule has 5 nitrogen and oxygen atoms in total. The molecule has 0 aliphatic heterocycles. The zero-order chi connectivity index (χ0) is 25.6. The Morgan fingerprint density at radius 3 is 2.19 bits per heavy atom. The predicted octanol–water partition coefficient (Wildman–Crippen LogP) is 7.46. The van der Waals surface area contributed by atoms with E-state index in [-0.39, 0.29) is 12.7 Å². The summed E-state index contributed by atoms with van der Waals surface area (Å²) in [5.41, 5.74) is 2.22. The van der Waals surface area contributed by atoms with Crippen LogP contribution in [0.25, 0.3) is 11.1 Å². The molecule has 0 aliphatic rings. The predicted molar refractivity (Wildman–Crippen MR) is 144 cm³/mol. The number of para-hydroxylation sites is 1. The highest BCUT2D eigenvalue weighted by Gasteiger charge is 2.14. The van der Waals surface area contributed by atoms with Crippen LogP contribution in [0, 0.1) is 0 Å². The van der Waals surface area contributed by atoms with Gasteiger partial charge in [0.1, 0.15) is 23.4 Å². The summed E-state index contributed by atoms with van der Waals surface area (Å²) in [5.74, 6) is 1.56. The van der Waals surface area contributed by atoms with E-state index in [9.17, 15) is 9.90 Å². The van der Waals surface area contributed by atoms with Gasteiger partial charge in [-0.25, -0.2) is 4.79 Å². The first-order chi connectivity index (χ1) is 17.6. The molecule has 3 aromatic rings. The van der Waals surface area contributed by atoms with Crippen molar-refractivity contribution in [3.63, 3.8) is 0 Å². The van der Waals surface area contributed by atoms with Gasteiger partial charge < -0.3 is 19.3 Å². The van der Waals surface area contributed by atoms with Crippen LogP contribution in [0.3, 0.4) is 0 Å². The van der Waals surface area contributed by atoms with Crippen molar-refractivity contribution in [2.75, 3.05) is 13.2 Å². The van der Waals surface area contributed by atoms with Gasteiger partial charge in [-0.2, -0.15) is 0 Å². The normalized spacial score (nSPS) is 11.6. The minimum absolute atomic E-state index is 0.0320. The lowest BCUT2D eigenvalue weighted by Crippen LogP contribution is -2.18. The minimum Gasteiger partial charge on any atom is -0.494 e. The molecule has 0 aliphatic carbocycles. The molecule has 36 heavy (non-hydrogen) atoms. The second kappa shape index (κ2) is 14.9. The lowest BCUT2D eigenvalue weighted by atomic mass is 10.0. The molecule has 0 aromatic heterocycles. The molecule has 192 valence electrons. The molecule has 0 bridgehead atoms. The van der Waals surface area contributed by atoms with E-state index in [1.54, 1.807) is 30.3 Å². The van der Waals surface area contributed by atoms with Gasteiger partial charge in [0.25, 0.3) is 0 Å². The topological polar surface area (TPSA) is 65.0 Å². The Morgan fingerprint density at radius 1 is 0.806 bits per heavy atom. The quantitative estimate of drug-likeness (QED) is 0.136. The lowest BCUT2D eigenvalue weighted by molar-refractivity contribution is 0.0735. The molecule has 5 heteroatoms. The fraction of sp³-hybridized carbons (Fsp3) is 0.387. The lowest BCUT2D eigenvalue weighted by Gasteiger charge is -2.18.